The van der Waals surface area contributed by atoms with Crippen molar-refractivity contribution < 1.29 is 10.0 Å². The molecule has 0 atom stereocenters. The highest BCUT2D eigenvalue weighted by molar-refractivity contribution is 7.59. The molecule has 2 radical (unpaired) electrons. The topological polar surface area (TPSA) is 81.2 Å². The standard InChI is InChI=1S/C6H9N3O3.S/c1-5-7-4-6(9(11)12)8(5)2-3-10;/h4,10H,2-3H2,1H3;. The fourth-order valence-electron chi connectivity index (χ4n) is 0.978. The predicted octanol–water partition coefficient (Wildman–Crippen LogP) is 0.740. The van der Waals surface area contributed by atoms with Crippen molar-refractivity contribution in [2.45, 2.75) is 13.5 Å². The molecule has 1 heterocycles. The largest absolute Gasteiger partial charge is 0.392 e. The van der Waals surface area contributed by atoms with Crippen molar-refractivity contribution in [2.24, 2.45) is 0 Å². The summed E-state index contributed by atoms with van der Waals surface area (Å²) in [4.78, 5) is 13.6. The molecule has 0 saturated heterocycles. The highest BCUT2D eigenvalue weighted by atomic mass is 32.1. The molecule has 0 aliphatic rings. The van der Waals surface area contributed by atoms with Crippen LogP contribution >= 0.6 is 13.5 Å². The summed E-state index contributed by atoms with van der Waals surface area (Å²) in [5, 5.41) is 19.0. The number of nitro groups is 1. The Balaban J connectivity index is 0.00000144. The van der Waals surface area contributed by atoms with E-state index in [4.69, 9.17) is 5.11 Å². The van der Waals surface area contributed by atoms with Gasteiger partial charge in [-0.15, -0.1) is 0 Å². The van der Waals surface area contributed by atoms with Gasteiger partial charge in [-0.25, -0.2) is 9.55 Å². The van der Waals surface area contributed by atoms with Gasteiger partial charge in [0.2, 0.25) is 0 Å². The van der Waals surface area contributed by atoms with Gasteiger partial charge in [0.15, 0.2) is 5.82 Å². The monoisotopic (exact) mass is 203 g/mol. The van der Waals surface area contributed by atoms with E-state index in [-0.39, 0.29) is 32.5 Å². The summed E-state index contributed by atoms with van der Waals surface area (Å²) < 4.78 is 1.36. The lowest BCUT2D eigenvalue weighted by Crippen LogP contribution is -2.07. The fraction of sp³-hybridized carbons (Fsp3) is 0.500. The van der Waals surface area contributed by atoms with Gasteiger partial charge in [-0.05, 0) is 4.92 Å². The summed E-state index contributed by atoms with van der Waals surface area (Å²) >= 11 is 0. The second-order valence-corrected chi connectivity index (χ2v) is 2.30. The minimum absolute atomic E-state index is 0. The zero-order chi connectivity index (χ0) is 9.14. The van der Waals surface area contributed by atoms with E-state index < -0.39 is 4.92 Å². The molecule has 13 heavy (non-hydrogen) atoms. The van der Waals surface area contributed by atoms with Gasteiger partial charge in [-0.1, -0.05) is 0 Å². The number of aliphatic hydroxyl groups is 1. The average molecular weight is 203 g/mol. The number of aliphatic hydroxyl groups excluding tert-OH is 1. The van der Waals surface area contributed by atoms with Gasteiger partial charge < -0.3 is 15.2 Å². The first-order valence-corrected chi connectivity index (χ1v) is 3.44. The van der Waals surface area contributed by atoms with Crippen LogP contribution in [0.5, 0.6) is 0 Å². The molecule has 0 aliphatic carbocycles. The van der Waals surface area contributed by atoms with Crippen LogP contribution in [0.25, 0.3) is 0 Å². The van der Waals surface area contributed by atoms with Crippen LogP contribution in [0.2, 0.25) is 0 Å². The number of hydrogen-bond acceptors (Lipinski definition) is 4. The molecule has 6 nitrogen and oxygen atoms in total. The number of imidazole rings is 1. The lowest BCUT2D eigenvalue weighted by molar-refractivity contribution is -0.392. The third-order valence-electron chi connectivity index (χ3n) is 1.54. The van der Waals surface area contributed by atoms with Crippen LogP contribution in [0.3, 0.4) is 0 Å². The first-order valence-electron chi connectivity index (χ1n) is 3.44. The van der Waals surface area contributed by atoms with Crippen molar-refractivity contribution in [3.8, 4) is 0 Å². The minimum atomic E-state index is -0.518. The lowest BCUT2D eigenvalue weighted by Gasteiger charge is -1.98. The van der Waals surface area contributed by atoms with Crippen molar-refractivity contribution in [1.29, 1.82) is 0 Å². The molecule has 0 unspecified atom stereocenters. The zero-order valence-corrected chi connectivity index (χ0v) is 7.82. The van der Waals surface area contributed by atoms with Crippen molar-refractivity contribution in [3.05, 3.63) is 22.1 Å². The summed E-state index contributed by atoms with van der Waals surface area (Å²) in [6.07, 6.45) is 1.19. The van der Waals surface area contributed by atoms with Crippen LogP contribution in [-0.2, 0) is 6.54 Å². The zero-order valence-electron chi connectivity index (χ0n) is 7.01. The number of nitrogens with zero attached hydrogens (tertiary/aromatic N) is 3. The van der Waals surface area contributed by atoms with E-state index >= 15 is 0 Å². The Bertz CT molecular complexity index is 299. The van der Waals surface area contributed by atoms with Crippen molar-refractivity contribution in [3.63, 3.8) is 0 Å². The Kier molecular flexibility index (Phi) is 4.43. The van der Waals surface area contributed by atoms with Gasteiger partial charge in [0.05, 0.1) is 6.61 Å². The smallest absolute Gasteiger partial charge is 0.342 e. The van der Waals surface area contributed by atoms with Gasteiger partial charge in [-0.2, -0.15) is 0 Å². The van der Waals surface area contributed by atoms with Crippen LogP contribution in [0.1, 0.15) is 5.82 Å². The number of aryl methyl sites for hydroxylation is 1. The highest BCUT2D eigenvalue weighted by Crippen LogP contribution is 2.12. The molecule has 0 fully saturated rings. The van der Waals surface area contributed by atoms with E-state index in [0.29, 0.717) is 5.82 Å². The maximum absolute atomic E-state index is 10.4. The summed E-state index contributed by atoms with van der Waals surface area (Å²) in [5.74, 6) is 0.456. The second-order valence-electron chi connectivity index (χ2n) is 2.30. The Morgan fingerprint density at radius 3 is 2.85 bits per heavy atom. The first-order chi connectivity index (χ1) is 5.66. The first kappa shape index (κ1) is 11.9. The van der Waals surface area contributed by atoms with Crippen LogP contribution in [0.15, 0.2) is 6.20 Å². The Morgan fingerprint density at radius 1 is 1.77 bits per heavy atom. The van der Waals surface area contributed by atoms with Gasteiger partial charge in [-0.3, -0.25) is 0 Å². The van der Waals surface area contributed by atoms with E-state index in [1.165, 1.54) is 10.8 Å². The Hall–Kier alpha value is -1.08. The molecule has 0 saturated carbocycles. The van der Waals surface area contributed by atoms with Crippen molar-refractivity contribution in [2.75, 3.05) is 6.61 Å². The fourth-order valence-corrected chi connectivity index (χ4v) is 0.978. The van der Waals surface area contributed by atoms with Crippen LogP contribution in [-0.4, -0.2) is 26.2 Å². The normalized spacial score (nSPS) is 9.38. The van der Waals surface area contributed by atoms with Gasteiger partial charge in [0.25, 0.3) is 0 Å². The molecule has 0 aliphatic heterocycles. The van der Waals surface area contributed by atoms with Gasteiger partial charge in [0, 0.05) is 20.4 Å². The summed E-state index contributed by atoms with van der Waals surface area (Å²) in [5.41, 5.74) is 0. The van der Waals surface area contributed by atoms with E-state index in [2.05, 4.69) is 4.98 Å². The molecule has 7 heteroatoms. The molecule has 0 amide bonds. The van der Waals surface area contributed by atoms with Crippen molar-refractivity contribution >= 4 is 19.3 Å². The van der Waals surface area contributed by atoms with Crippen molar-refractivity contribution in [1.82, 2.24) is 9.55 Å². The minimum Gasteiger partial charge on any atom is -0.392 e. The molecule has 0 aromatic carbocycles. The SMILES string of the molecule is Cc1ncc([N+](=O)[O-])n1CCO.[S]. The average Bonchev–Trinajstić information content (AvgIpc) is 2.34. The van der Waals surface area contributed by atoms with Gasteiger partial charge >= 0.3 is 5.82 Å². The number of aromatic nitrogens is 2. The second kappa shape index (κ2) is 4.83. The molecule has 0 bridgehead atoms. The van der Waals surface area contributed by atoms with E-state index in [0.717, 1.165) is 0 Å². The predicted molar refractivity (Wildman–Crippen MR) is 48.3 cm³/mol. The summed E-state index contributed by atoms with van der Waals surface area (Å²) in [7, 11) is 0. The molecule has 1 aromatic rings. The lowest BCUT2D eigenvalue weighted by atomic mass is 10.6. The third kappa shape index (κ3) is 2.43. The molecule has 1 rings (SSSR count). The molecule has 1 N–H and O–H groups in total. The molecule has 1 aromatic heterocycles. The van der Waals surface area contributed by atoms with E-state index in [9.17, 15) is 10.1 Å². The maximum Gasteiger partial charge on any atom is 0.342 e. The summed E-state index contributed by atoms with van der Waals surface area (Å²) in [6.45, 7) is 1.74. The Morgan fingerprint density at radius 2 is 2.38 bits per heavy atom. The van der Waals surface area contributed by atoms with E-state index in [1.54, 1.807) is 6.92 Å². The molecule has 72 valence electrons. The maximum atomic E-state index is 10.4. The van der Waals surface area contributed by atoms with Crippen LogP contribution in [0.4, 0.5) is 5.82 Å². The highest BCUT2D eigenvalue weighted by Gasteiger charge is 2.15. The quantitative estimate of drug-likeness (QED) is 0.580. The number of rotatable bonds is 3. The third-order valence-corrected chi connectivity index (χ3v) is 1.54. The van der Waals surface area contributed by atoms with E-state index in [1.807, 2.05) is 0 Å². The van der Waals surface area contributed by atoms with Gasteiger partial charge in [0.1, 0.15) is 12.7 Å². The summed E-state index contributed by atoms with van der Waals surface area (Å²) in [6, 6.07) is 0. The molecule has 0 spiro atoms. The van der Waals surface area contributed by atoms with Crippen LogP contribution < -0.4 is 0 Å². The van der Waals surface area contributed by atoms with Crippen LogP contribution in [0, 0.1) is 17.0 Å². The molecular weight excluding hydrogens is 194 g/mol. The molecular formula is C6H9N3O3S. The Labute approximate surface area is 81.8 Å². The number of hydrogen-bond donors (Lipinski definition) is 1.